The highest BCUT2D eigenvalue weighted by molar-refractivity contribution is 6.10. The van der Waals surface area contributed by atoms with Gasteiger partial charge in [0.05, 0.1) is 18.2 Å². The Morgan fingerprint density at radius 2 is 2.28 bits per heavy atom. The van der Waals surface area contributed by atoms with Gasteiger partial charge in [-0.25, -0.2) is 10.6 Å². The van der Waals surface area contributed by atoms with Gasteiger partial charge in [0, 0.05) is 12.2 Å². The molecule has 1 unspecified atom stereocenters. The van der Waals surface area contributed by atoms with Crippen LogP contribution in [0.15, 0.2) is 18.2 Å². The van der Waals surface area contributed by atoms with Gasteiger partial charge in [0.2, 0.25) is 0 Å². The van der Waals surface area contributed by atoms with Crippen molar-refractivity contribution >= 4 is 17.6 Å². The molecule has 2 rings (SSSR count). The summed E-state index contributed by atoms with van der Waals surface area (Å²) in [4.78, 5) is 23.7. The van der Waals surface area contributed by atoms with Gasteiger partial charge in [-0.05, 0) is 12.1 Å². The molecule has 7 nitrogen and oxygen atoms in total. The number of benzene rings is 1. The normalized spacial score (nSPS) is 18.1. The monoisotopic (exact) mass is 250 g/mol. The summed E-state index contributed by atoms with van der Waals surface area (Å²) in [6, 6.07) is 4.86. The molecule has 0 radical (unpaired) electrons. The van der Waals surface area contributed by atoms with E-state index in [1.165, 1.54) is 13.2 Å². The fourth-order valence-corrected chi connectivity index (χ4v) is 1.88. The Balaban J connectivity index is 2.54. The van der Waals surface area contributed by atoms with Crippen LogP contribution < -0.4 is 16.9 Å². The number of hydrogen-bond donors (Lipinski definition) is 3. The summed E-state index contributed by atoms with van der Waals surface area (Å²) < 4.78 is 4.64. The SMILES string of the molecule is COC(=O)c1cccc2c1C(=O)N(N)C(CN)N2. The van der Waals surface area contributed by atoms with Crippen LogP contribution in [0.1, 0.15) is 20.7 Å². The lowest BCUT2D eigenvalue weighted by Gasteiger charge is -2.34. The van der Waals surface area contributed by atoms with Crippen molar-refractivity contribution in [2.45, 2.75) is 6.17 Å². The molecule has 1 atom stereocenters. The highest BCUT2D eigenvalue weighted by atomic mass is 16.5. The minimum Gasteiger partial charge on any atom is -0.465 e. The van der Waals surface area contributed by atoms with E-state index in [0.29, 0.717) is 5.69 Å². The Hall–Kier alpha value is -2.12. The fourth-order valence-electron chi connectivity index (χ4n) is 1.88. The van der Waals surface area contributed by atoms with Gasteiger partial charge in [-0.3, -0.25) is 9.80 Å². The van der Waals surface area contributed by atoms with E-state index in [2.05, 4.69) is 10.1 Å². The number of carbonyl (C=O) groups is 2. The average molecular weight is 250 g/mol. The number of hydrazine groups is 1. The van der Waals surface area contributed by atoms with E-state index in [1.54, 1.807) is 12.1 Å². The van der Waals surface area contributed by atoms with Gasteiger partial charge in [0.25, 0.3) is 5.91 Å². The summed E-state index contributed by atoms with van der Waals surface area (Å²) in [6.07, 6.45) is -0.488. The van der Waals surface area contributed by atoms with Crippen molar-refractivity contribution in [3.8, 4) is 0 Å². The van der Waals surface area contributed by atoms with Crippen LogP contribution in [0.25, 0.3) is 0 Å². The smallest absolute Gasteiger partial charge is 0.338 e. The number of fused-ring (bicyclic) bond motifs is 1. The topological polar surface area (TPSA) is 111 Å². The van der Waals surface area contributed by atoms with Gasteiger partial charge in [-0.2, -0.15) is 0 Å². The molecule has 0 aromatic heterocycles. The molecule has 1 aliphatic rings. The lowest BCUT2D eigenvalue weighted by atomic mass is 10.0. The minimum absolute atomic E-state index is 0.171. The fraction of sp³-hybridized carbons (Fsp3) is 0.273. The average Bonchev–Trinajstić information content (AvgIpc) is 2.41. The number of amides is 1. The van der Waals surface area contributed by atoms with Crippen molar-refractivity contribution in [1.82, 2.24) is 5.01 Å². The summed E-state index contributed by atoms with van der Waals surface area (Å²) in [5.74, 6) is 4.61. The van der Waals surface area contributed by atoms with E-state index in [4.69, 9.17) is 11.6 Å². The molecular formula is C11H14N4O3. The summed E-state index contributed by atoms with van der Waals surface area (Å²) in [5.41, 5.74) is 6.42. The molecule has 0 bridgehead atoms. The van der Waals surface area contributed by atoms with Crippen LogP contribution in [0.5, 0.6) is 0 Å². The molecule has 0 fully saturated rings. The molecule has 0 aliphatic carbocycles. The Kier molecular flexibility index (Phi) is 3.17. The molecule has 1 aromatic carbocycles. The van der Waals surface area contributed by atoms with E-state index in [1.807, 2.05) is 0 Å². The second-order valence-electron chi connectivity index (χ2n) is 3.83. The minimum atomic E-state index is -0.582. The maximum atomic E-state index is 12.1. The highest BCUT2D eigenvalue weighted by Crippen LogP contribution is 2.27. The molecule has 1 aromatic rings. The van der Waals surface area contributed by atoms with Crippen LogP contribution in [-0.4, -0.2) is 36.7 Å². The quantitative estimate of drug-likeness (QED) is 0.371. The number of carbonyl (C=O) groups excluding carboxylic acids is 2. The molecule has 7 heteroatoms. The van der Waals surface area contributed by atoms with E-state index >= 15 is 0 Å². The summed E-state index contributed by atoms with van der Waals surface area (Å²) in [6.45, 7) is 0.171. The van der Waals surface area contributed by atoms with Gasteiger partial charge in [0.1, 0.15) is 6.17 Å². The van der Waals surface area contributed by atoms with Crippen LogP contribution >= 0.6 is 0 Å². The maximum Gasteiger partial charge on any atom is 0.338 e. The lowest BCUT2D eigenvalue weighted by Crippen LogP contribution is -2.56. The van der Waals surface area contributed by atoms with Gasteiger partial charge < -0.3 is 15.8 Å². The number of nitrogens with zero attached hydrogens (tertiary/aromatic N) is 1. The number of nitrogens with two attached hydrogens (primary N) is 2. The lowest BCUT2D eigenvalue weighted by molar-refractivity contribution is 0.0582. The number of hydrogen-bond acceptors (Lipinski definition) is 6. The van der Waals surface area contributed by atoms with Crippen LogP contribution in [0.2, 0.25) is 0 Å². The van der Waals surface area contributed by atoms with Crippen LogP contribution in [-0.2, 0) is 4.74 Å². The number of esters is 1. The summed E-state index contributed by atoms with van der Waals surface area (Å²) in [5, 5.41) is 3.97. The first-order chi connectivity index (χ1) is 8.60. The third kappa shape index (κ3) is 1.79. The maximum absolute atomic E-state index is 12.1. The molecule has 0 spiro atoms. The molecular weight excluding hydrogens is 236 g/mol. The van der Waals surface area contributed by atoms with Crippen molar-refractivity contribution in [1.29, 1.82) is 0 Å². The van der Waals surface area contributed by atoms with Crippen molar-refractivity contribution in [2.75, 3.05) is 19.0 Å². The summed E-state index contributed by atoms with van der Waals surface area (Å²) in [7, 11) is 1.26. The Bertz CT molecular complexity index is 503. The van der Waals surface area contributed by atoms with E-state index in [9.17, 15) is 9.59 Å². The molecule has 1 heterocycles. The zero-order valence-electron chi connectivity index (χ0n) is 9.84. The highest BCUT2D eigenvalue weighted by Gasteiger charge is 2.32. The predicted molar refractivity (Wildman–Crippen MR) is 64.6 cm³/mol. The largest absolute Gasteiger partial charge is 0.465 e. The van der Waals surface area contributed by atoms with Crippen LogP contribution in [0.4, 0.5) is 5.69 Å². The third-order valence-corrected chi connectivity index (χ3v) is 2.80. The molecule has 1 aliphatic heterocycles. The van der Waals surface area contributed by atoms with E-state index < -0.39 is 18.0 Å². The van der Waals surface area contributed by atoms with Crippen LogP contribution in [0, 0.1) is 0 Å². The number of rotatable bonds is 2. The number of ether oxygens (including phenoxy) is 1. The third-order valence-electron chi connectivity index (χ3n) is 2.80. The standard InChI is InChI=1S/C11H14N4O3/c1-18-11(17)6-3-2-4-7-9(6)10(16)15(13)8(5-12)14-7/h2-4,8,14H,5,12-13H2,1H3. The van der Waals surface area contributed by atoms with Gasteiger partial charge in [-0.15, -0.1) is 0 Å². The summed E-state index contributed by atoms with van der Waals surface area (Å²) >= 11 is 0. The number of anilines is 1. The Labute approximate surface area is 104 Å². The van der Waals surface area contributed by atoms with Gasteiger partial charge >= 0.3 is 5.97 Å². The molecule has 0 saturated carbocycles. The second-order valence-corrected chi connectivity index (χ2v) is 3.83. The predicted octanol–water partition coefficient (Wildman–Crippen LogP) is -0.501. The molecule has 96 valence electrons. The number of nitrogens with one attached hydrogen (secondary N) is 1. The van der Waals surface area contributed by atoms with Crippen molar-refractivity contribution in [2.24, 2.45) is 11.6 Å². The Morgan fingerprint density at radius 3 is 2.89 bits per heavy atom. The van der Waals surface area contributed by atoms with Crippen molar-refractivity contribution in [3.05, 3.63) is 29.3 Å². The first-order valence-corrected chi connectivity index (χ1v) is 5.36. The zero-order valence-corrected chi connectivity index (χ0v) is 9.84. The first-order valence-electron chi connectivity index (χ1n) is 5.36. The molecule has 5 N–H and O–H groups in total. The molecule has 0 saturated heterocycles. The van der Waals surface area contributed by atoms with Crippen molar-refractivity contribution in [3.63, 3.8) is 0 Å². The van der Waals surface area contributed by atoms with E-state index in [0.717, 1.165) is 5.01 Å². The second kappa shape index (κ2) is 4.63. The van der Waals surface area contributed by atoms with Gasteiger partial charge in [0.15, 0.2) is 0 Å². The van der Waals surface area contributed by atoms with Crippen molar-refractivity contribution < 1.29 is 14.3 Å². The first kappa shape index (κ1) is 12.3. The molecule has 1 amide bonds. The zero-order chi connectivity index (χ0) is 13.3. The number of methoxy groups -OCH3 is 1. The Morgan fingerprint density at radius 1 is 1.56 bits per heavy atom. The molecule has 18 heavy (non-hydrogen) atoms. The van der Waals surface area contributed by atoms with E-state index in [-0.39, 0.29) is 17.7 Å². The van der Waals surface area contributed by atoms with Gasteiger partial charge in [-0.1, -0.05) is 6.07 Å². The van der Waals surface area contributed by atoms with Crippen LogP contribution in [0.3, 0.4) is 0 Å².